The number of thiazole rings is 1. The minimum Gasteiger partial charge on any atom is -0.391 e. The van der Waals surface area contributed by atoms with Crippen molar-refractivity contribution in [2.24, 2.45) is 5.73 Å². The lowest BCUT2D eigenvalue weighted by Crippen LogP contribution is -2.47. The Kier molecular flexibility index (Phi) is 10.2. The quantitative estimate of drug-likeness (QED) is 0.372. The first-order valence-corrected chi connectivity index (χ1v) is 13.7. The molecule has 1 aliphatic heterocycles. The number of aromatic nitrogens is 1. The second-order valence-corrected chi connectivity index (χ2v) is 10.5. The zero-order valence-electron chi connectivity index (χ0n) is 21.4. The highest BCUT2D eigenvalue weighted by Gasteiger charge is 2.39. The Morgan fingerprint density at radius 1 is 1.22 bits per heavy atom. The Morgan fingerprint density at radius 2 is 1.94 bits per heavy atom. The van der Waals surface area contributed by atoms with E-state index >= 15 is 0 Å². The van der Waals surface area contributed by atoms with Crippen LogP contribution < -0.4 is 11.1 Å². The molecular weight excluding hydrogens is 476 g/mol. The predicted molar refractivity (Wildman–Crippen MR) is 141 cm³/mol. The van der Waals surface area contributed by atoms with Crippen LogP contribution in [-0.4, -0.2) is 57.3 Å². The van der Waals surface area contributed by atoms with Gasteiger partial charge >= 0.3 is 0 Å². The SMILES string of the molecule is CCCCCC(=O)C(N)CCC(=O)N1CC(O)CC1C(=O)N[C@@H](C)c1ccc(-c2scnc2C)cc1. The van der Waals surface area contributed by atoms with Gasteiger partial charge in [0.25, 0.3) is 0 Å². The van der Waals surface area contributed by atoms with Gasteiger partial charge < -0.3 is 21.1 Å². The number of aryl methyl sites for hydroxylation is 1. The standard InChI is InChI=1S/C27H38N4O4S/c1-4-5-6-7-24(33)22(28)12-13-25(34)31-15-21(32)14-23(31)27(35)30-17(2)19-8-10-20(11-9-19)26-18(3)29-16-36-26/h8-11,16-17,21-23,32H,4-7,12-15,28H2,1-3H3,(H,30,35)/t17-,21?,22?,23?/m0/s1. The van der Waals surface area contributed by atoms with Gasteiger partial charge in [-0.25, -0.2) is 4.98 Å². The monoisotopic (exact) mass is 514 g/mol. The summed E-state index contributed by atoms with van der Waals surface area (Å²) in [6, 6.07) is 6.29. The molecule has 1 aromatic heterocycles. The highest BCUT2D eigenvalue weighted by atomic mass is 32.1. The Labute approximate surface area is 217 Å². The third-order valence-electron chi connectivity index (χ3n) is 6.79. The molecule has 196 valence electrons. The zero-order valence-corrected chi connectivity index (χ0v) is 22.2. The molecule has 1 aromatic carbocycles. The summed E-state index contributed by atoms with van der Waals surface area (Å²) >= 11 is 1.59. The number of hydrogen-bond acceptors (Lipinski definition) is 7. The summed E-state index contributed by atoms with van der Waals surface area (Å²) in [6.45, 7) is 6.05. The molecule has 0 saturated carbocycles. The van der Waals surface area contributed by atoms with Crippen LogP contribution >= 0.6 is 11.3 Å². The van der Waals surface area contributed by atoms with E-state index in [2.05, 4.69) is 17.2 Å². The van der Waals surface area contributed by atoms with Crippen LogP contribution in [0.3, 0.4) is 0 Å². The van der Waals surface area contributed by atoms with Crippen molar-refractivity contribution < 1.29 is 19.5 Å². The van der Waals surface area contributed by atoms with Crippen LogP contribution in [0.4, 0.5) is 0 Å². The number of nitrogens with zero attached hydrogens (tertiary/aromatic N) is 2. The smallest absolute Gasteiger partial charge is 0.243 e. The summed E-state index contributed by atoms with van der Waals surface area (Å²) in [5.74, 6) is -0.590. The molecule has 1 saturated heterocycles. The van der Waals surface area contributed by atoms with Gasteiger partial charge in [0.15, 0.2) is 0 Å². The number of benzene rings is 1. The number of nitrogens with one attached hydrogen (secondary N) is 1. The number of carbonyl (C=O) groups is 3. The molecule has 4 atom stereocenters. The summed E-state index contributed by atoms with van der Waals surface area (Å²) in [4.78, 5) is 45.0. The highest BCUT2D eigenvalue weighted by molar-refractivity contribution is 7.13. The molecule has 4 N–H and O–H groups in total. The van der Waals surface area contributed by atoms with Crippen LogP contribution in [0.25, 0.3) is 10.4 Å². The summed E-state index contributed by atoms with van der Waals surface area (Å²) < 4.78 is 0. The highest BCUT2D eigenvalue weighted by Crippen LogP contribution is 2.28. The maximum atomic E-state index is 13.1. The Hall–Kier alpha value is -2.62. The lowest BCUT2D eigenvalue weighted by atomic mass is 10.0. The first-order chi connectivity index (χ1) is 17.2. The number of nitrogens with two attached hydrogens (primary N) is 1. The molecule has 0 spiro atoms. The largest absolute Gasteiger partial charge is 0.391 e. The van der Waals surface area contributed by atoms with E-state index in [0.717, 1.165) is 41.0 Å². The van der Waals surface area contributed by atoms with Gasteiger partial charge in [0, 0.05) is 25.8 Å². The molecule has 3 rings (SSSR count). The minimum atomic E-state index is -0.758. The number of aliphatic hydroxyl groups excluding tert-OH is 1. The van der Waals surface area contributed by atoms with Gasteiger partial charge in [-0.15, -0.1) is 11.3 Å². The molecule has 2 aromatic rings. The van der Waals surface area contributed by atoms with E-state index in [1.807, 2.05) is 43.6 Å². The van der Waals surface area contributed by atoms with Crippen LogP contribution in [0.5, 0.6) is 0 Å². The van der Waals surface area contributed by atoms with Crippen LogP contribution in [0.2, 0.25) is 0 Å². The van der Waals surface area contributed by atoms with Gasteiger partial charge in [-0.2, -0.15) is 0 Å². The van der Waals surface area contributed by atoms with Crippen LogP contribution in [0, 0.1) is 6.92 Å². The number of carbonyl (C=O) groups excluding carboxylic acids is 3. The summed E-state index contributed by atoms with van der Waals surface area (Å²) in [5.41, 5.74) is 10.8. The number of aliphatic hydroxyl groups is 1. The third kappa shape index (κ3) is 7.21. The van der Waals surface area contributed by atoms with E-state index in [-0.39, 0.29) is 49.4 Å². The van der Waals surface area contributed by atoms with E-state index in [4.69, 9.17) is 5.73 Å². The number of likely N-dealkylation sites (tertiary alicyclic amines) is 1. The van der Waals surface area contributed by atoms with Crippen molar-refractivity contribution in [1.29, 1.82) is 0 Å². The second-order valence-electron chi connectivity index (χ2n) is 9.64. The van der Waals surface area contributed by atoms with Crippen molar-refractivity contribution in [2.45, 2.75) is 89.9 Å². The number of ketones is 1. The number of rotatable bonds is 12. The average Bonchev–Trinajstić information content (AvgIpc) is 3.47. The average molecular weight is 515 g/mol. The summed E-state index contributed by atoms with van der Waals surface area (Å²) in [6.07, 6.45) is 2.99. The van der Waals surface area contributed by atoms with E-state index in [1.54, 1.807) is 11.3 Å². The maximum absolute atomic E-state index is 13.1. The predicted octanol–water partition coefficient (Wildman–Crippen LogP) is 3.51. The number of β-amino-alcohol motifs (C(OH)–C–C–N with tert-alkyl or cyclic N) is 1. The second kappa shape index (κ2) is 13.1. The van der Waals surface area contributed by atoms with Crippen LogP contribution in [0.15, 0.2) is 29.8 Å². The summed E-state index contributed by atoms with van der Waals surface area (Å²) in [7, 11) is 0. The van der Waals surface area contributed by atoms with Gasteiger partial charge in [0.1, 0.15) is 11.8 Å². The van der Waals surface area contributed by atoms with Crippen LogP contribution in [0.1, 0.15) is 76.1 Å². The Morgan fingerprint density at radius 3 is 2.58 bits per heavy atom. The van der Waals surface area contributed by atoms with Gasteiger partial charge in [-0.05, 0) is 37.8 Å². The molecule has 1 fully saturated rings. The van der Waals surface area contributed by atoms with E-state index < -0.39 is 18.2 Å². The van der Waals surface area contributed by atoms with Crippen LogP contribution in [-0.2, 0) is 14.4 Å². The first kappa shape index (κ1) is 28.0. The van der Waals surface area contributed by atoms with Gasteiger partial charge in [-0.3, -0.25) is 14.4 Å². The molecule has 8 nitrogen and oxygen atoms in total. The third-order valence-corrected chi connectivity index (χ3v) is 7.77. The minimum absolute atomic E-state index is 0.0302. The van der Waals surface area contributed by atoms with Gasteiger partial charge in [0.05, 0.1) is 34.3 Å². The molecule has 2 amide bonds. The number of unbranched alkanes of at least 4 members (excludes halogenated alkanes) is 2. The molecule has 9 heteroatoms. The fraction of sp³-hybridized carbons (Fsp3) is 0.556. The van der Waals surface area contributed by atoms with Crippen molar-refractivity contribution >= 4 is 28.9 Å². The number of Topliss-reactive ketones (excluding diaryl/α,β-unsaturated/α-hetero) is 1. The topological polar surface area (TPSA) is 126 Å². The Bertz CT molecular complexity index is 1040. The molecule has 3 unspecified atom stereocenters. The molecule has 1 aliphatic rings. The first-order valence-electron chi connectivity index (χ1n) is 12.8. The molecule has 2 heterocycles. The van der Waals surface area contributed by atoms with Crippen molar-refractivity contribution in [3.05, 3.63) is 41.0 Å². The molecule has 0 radical (unpaired) electrons. The van der Waals surface area contributed by atoms with E-state index in [0.29, 0.717) is 6.42 Å². The van der Waals surface area contributed by atoms with Crippen molar-refractivity contribution in [3.63, 3.8) is 0 Å². The lowest BCUT2D eigenvalue weighted by Gasteiger charge is -2.26. The van der Waals surface area contributed by atoms with Gasteiger partial charge in [-0.1, -0.05) is 44.0 Å². The maximum Gasteiger partial charge on any atom is 0.243 e. The molecule has 0 aliphatic carbocycles. The van der Waals surface area contributed by atoms with Crippen molar-refractivity contribution in [1.82, 2.24) is 15.2 Å². The zero-order chi connectivity index (χ0) is 26.2. The number of amides is 2. The molecular formula is C27H38N4O4S. The van der Waals surface area contributed by atoms with Crippen molar-refractivity contribution in [2.75, 3.05) is 6.54 Å². The fourth-order valence-corrected chi connectivity index (χ4v) is 5.36. The molecule has 0 bridgehead atoms. The normalized spacial score (nSPS) is 19.2. The van der Waals surface area contributed by atoms with Crippen molar-refractivity contribution in [3.8, 4) is 10.4 Å². The summed E-state index contributed by atoms with van der Waals surface area (Å²) in [5, 5.41) is 13.2. The Balaban J connectivity index is 1.55. The lowest BCUT2D eigenvalue weighted by molar-refractivity contribution is -0.139. The molecule has 36 heavy (non-hydrogen) atoms. The number of hydrogen-bond donors (Lipinski definition) is 3. The van der Waals surface area contributed by atoms with E-state index in [1.165, 1.54) is 4.90 Å². The van der Waals surface area contributed by atoms with E-state index in [9.17, 15) is 19.5 Å². The fourth-order valence-electron chi connectivity index (χ4n) is 4.55. The van der Waals surface area contributed by atoms with Gasteiger partial charge in [0.2, 0.25) is 11.8 Å².